The highest BCUT2D eigenvalue weighted by Crippen LogP contribution is 2.17. The predicted octanol–water partition coefficient (Wildman–Crippen LogP) is 0.874. The van der Waals surface area contributed by atoms with Gasteiger partial charge in [0.1, 0.15) is 5.82 Å². The summed E-state index contributed by atoms with van der Waals surface area (Å²) in [5.74, 6) is 0.708. The molecule has 1 aromatic rings. The average Bonchev–Trinajstić information content (AvgIpc) is 2.81. The van der Waals surface area contributed by atoms with E-state index >= 15 is 0 Å². The van der Waals surface area contributed by atoms with Crippen LogP contribution in [-0.4, -0.2) is 45.5 Å². The molecular formula is C15H29N5O. The molecule has 0 saturated carbocycles. The Bertz CT molecular complexity index is 459. The van der Waals surface area contributed by atoms with Gasteiger partial charge in [-0.25, -0.2) is 4.98 Å². The molecule has 0 aliphatic rings. The van der Waals surface area contributed by atoms with Gasteiger partial charge in [0.15, 0.2) is 0 Å². The Kier molecular flexibility index (Phi) is 6.36. The normalized spacial score (nSPS) is 15.9. The number of nitrogens with two attached hydrogens (primary N) is 1. The minimum atomic E-state index is -0.675. The van der Waals surface area contributed by atoms with E-state index in [1.54, 1.807) is 6.20 Å². The number of rotatable bonds is 9. The van der Waals surface area contributed by atoms with Crippen LogP contribution in [0.4, 0.5) is 0 Å². The molecule has 1 heterocycles. The zero-order chi connectivity index (χ0) is 16.0. The fraction of sp³-hybridized carbons (Fsp3) is 0.733. The van der Waals surface area contributed by atoms with E-state index in [2.05, 4.69) is 29.0 Å². The average molecular weight is 295 g/mol. The summed E-state index contributed by atoms with van der Waals surface area (Å²) in [6.07, 6.45) is 5.37. The van der Waals surface area contributed by atoms with E-state index in [9.17, 15) is 4.79 Å². The van der Waals surface area contributed by atoms with Gasteiger partial charge in [0.2, 0.25) is 5.91 Å². The van der Waals surface area contributed by atoms with E-state index in [0.29, 0.717) is 6.42 Å². The van der Waals surface area contributed by atoms with Crippen LogP contribution in [0.25, 0.3) is 0 Å². The van der Waals surface area contributed by atoms with E-state index in [1.807, 2.05) is 31.8 Å². The highest BCUT2D eigenvalue weighted by molar-refractivity contribution is 5.84. The number of nitrogens with one attached hydrogen (secondary N) is 1. The molecule has 0 aromatic carbocycles. The molecule has 1 rings (SSSR count). The number of primary amides is 1. The number of aryl methyl sites for hydroxylation is 1. The lowest BCUT2D eigenvalue weighted by Crippen LogP contribution is -2.56. The molecule has 3 N–H and O–H groups in total. The summed E-state index contributed by atoms with van der Waals surface area (Å²) in [6, 6.07) is 0.212. The van der Waals surface area contributed by atoms with E-state index in [1.165, 1.54) is 0 Å². The molecule has 6 heteroatoms. The highest BCUT2D eigenvalue weighted by Gasteiger charge is 2.33. The monoisotopic (exact) mass is 295 g/mol. The Morgan fingerprint density at radius 2 is 2.29 bits per heavy atom. The van der Waals surface area contributed by atoms with Crippen LogP contribution in [0.1, 0.15) is 39.4 Å². The summed E-state index contributed by atoms with van der Waals surface area (Å²) in [5.41, 5.74) is 4.91. The van der Waals surface area contributed by atoms with Crippen molar-refractivity contribution in [2.45, 2.75) is 51.7 Å². The van der Waals surface area contributed by atoms with E-state index < -0.39 is 5.54 Å². The number of nitrogens with zero attached hydrogens (tertiary/aromatic N) is 3. The van der Waals surface area contributed by atoms with E-state index in [4.69, 9.17) is 5.73 Å². The van der Waals surface area contributed by atoms with Crippen LogP contribution in [0.2, 0.25) is 0 Å². The first kappa shape index (κ1) is 17.7. The molecule has 1 aromatic heterocycles. The Hall–Kier alpha value is -1.40. The smallest absolute Gasteiger partial charge is 0.237 e. The summed E-state index contributed by atoms with van der Waals surface area (Å²) in [5, 5.41) is 3.28. The molecule has 120 valence electrons. The lowest BCUT2D eigenvalue weighted by molar-refractivity contribution is -0.124. The Morgan fingerprint density at radius 1 is 1.62 bits per heavy atom. The van der Waals surface area contributed by atoms with Crippen molar-refractivity contribution in [1.29, 1.82) is 0 Å². The van der Waals surface area contributed by atoms with Crippen molar-refractivity contribution in [3.05, 3.63) is 18.2 Å². The standard InChI is InChI=1S/C15H29N5O/c1-6-7-18-15(3,14(16)21)10-12(2)20(5)11-13-17-8-9-19(13)4/h8-9,12,18H,6-7,10-11H2,1-5H3,(H2,16,21). The molecular weight excluding hydrogens is 266 g/mol. The van der Waals surface area contributed by atoms with Crippen LogP contribution in [0.5, 0.6) is 0 Å². The van der Waals surface area contributed by atoms with Crippen molar-refractivity contribution in [1.82, 2.24) is 19.8 Å². The minimum absolute atomic E-state index is 0.212. The molecule has 0 bridgehead atoms. The van der Waals surface area contributed by atoms with Crippen LogP contribution in [-0.2, 0) is 18.4 Å². The molecule has 21 heavy (non-hydrogen) atoms. The third-order valence-corrected chi connectivity index (χ3v) is 4.08. The SMILES string of the molecule is CCCNC(C)(CC(C)N(C)Cc1nccn1C)C(N)=O. The second-order valence-electron chi connectivity index (χ2n) is 6.05. The van der Waals surface area contributed by atoms with Crippen molar-refractivity contribution in [3.8, 4) is 0 Å². The second-order valence-corrected chi connectivity index (χ2v) is 6.05. The maximum Gasteiger partial charge on any atom is 0.237 e. The summed E-state index contributed by atoms with van der Waals surface area (Å²) in [6.45, 7) is 7.60. The number of hydrogen-bond donors (Lipinski definition) is 2. The van der Waals surface area contributed by atoms with Crippen molar-refractivity contribution in [3.63, 3.8) is 0 Å². The van der Waals surface area contributed by atoms with Gasteiger partial charge < -0.3 is 15.6 Å². The van der Waals surface area contributed by atoms with E-state index in [-0.39, 0.29) is 11.9 Å². The van der Waals surface area contributed by atoms with Crippen LogP contribution in [0, 0.1) is 0 Å². The molecule has 1 amide bonds. The lowest BCUT2D eigenvalue weighted by Gasteiger charge is -2.34. The molecule has 0 radical (unpaired) electrons. The van der Waals surface area contributed by atoms with E-state index in [0.717, 1.165) is 25.3 Å². The number of hydrogen-bond acceptors (Lipinski definition) is 4. The van der Waals surface area contributed by atoms with Crippen molar-refractivity contribution >= 4 is 5.91 Å². The summed E-state index contributed by atoms with van der Waals surface area (Å²) >= 11 is 0. The number of carbonyl (C=O) groups excluding carboxylic acids is 1. The molecule has 0 spiro atoms. The van der Waals surface area contributed by atoms with Gasteiger partial charge in [-0.15, -0.1) is 0 Å². The van der Waals surface area contributed by atoms with Gasteiger partial charge in [-0.1, -0.05) is 6.92 Å². The largest absolute Gasteiger partial charge is 0.368 e. The third kappa shape index (κ3) is 4.82. The zero-order valence-corrected chi connectivity index (χ0v) is 13.9. The molecule has 2 atom stereocenters. The number of amides is 1. The fourth-order valence-corrected chi connectivity index (χ4v) is 2.34. The van der Waals surface area contributed by atoms with Crippen LogP contribution >= 0.6 is 0 Å². The zero-order valence-electron chi connectivity index (χ0n) is 13.9. The Balaban J connectivity index is 2.66. The molecule has 0 fully saturated rings. The van der Waals surface area contributed by atoms with Gasteiger partial charge in [-0.05, 0) is 40.3 Å². The minimum Gasteiger partial charge on any atom is -0.368 e. The number of aromatic nitrogens is 2. The molecule has 0 aliphatic heterocycles. The maximum absolute atomic E-state index is 11.8. The first-order chi connectivity index (χ1) is 9.80. The molecule has 6 nitrogen and oxygen atoms in total. The van der Waals surface area contributed by atoms with Gasteiger partial charge in [-0.2, -0.15) is 0 Å². The van der Waals surface area contributed by atoms with Gasteiger partial charge in [0.05, 0.1) is 12.1 Å². The van der Waals surface area contributed by atoms with Crippen molar-refractivity contribution in [2.24, 2.45) is 12.8 Å². The quantitative estimate of drug-likeness (QED) is 0.709. The van der Waals surface area contributed by atoms with Gasteiger partial charge in [0, 0.05) is 25.5 Å². The third-order valence-electron chi connectivity index (χ3n) is 4.08. The Morgan fingerprint density at radius 3 is 2.76 bits per heavy atom. The van der Waals surface area contributed by atoms with Crippen LogP contribution in [0.3, 0.4) is 0 Å². The summed E-state index contributed by atoms with van der Waals surface area (Å²) in [7, 11) is 4.03. The fourth-order valence-electron chi connectivity index (χ4n) is 2.34. The molecule has 0 aliphatic carbocycles. The van der Waals surface area contributed by atoms with Crippen LogP contribution in [0.15, 0.2) is 12.4 Å². The first-order valence-corrected chi connectivity index (χ1v) is 7.51. The van der Waals surface area contributed by atoms with Gasteiger partial charge >= 0.3 is 0 Å². The topological polar surface area (TPSA) is 76.2 Å². The van der Waals surface area contributed by atoms with Gasteiger partial charge in [-0.3, -0.25) is 9.69 Å². The number of imidazole rings is 1. The molecule has 2 unspecified atom stereocenters. The Labute approximate surface area is 127 Å². The maximum atomic E-state index is 11.8. The molecule has 0 saturated heterocycles. The summed E-state index contributed by atoms with van der Waals surface area (Å²) < 4.78 is 2.01. The van der Waals surface area contributed by atoms with Gasteiger partial charge in [0.25, 0.3) is 0 Å². The first-order valence-electron chi connectivity index (χ1n) is 7.51. The van der Waals surface area contributed by atoms with Crippen LogP contribution < -0.4 is 11.1 Å². The van der Waals surface area contributed by atoms with Crippen molar-refractivity contribution < 1.29 is 4.79 Å². The second kappa shape index (κ2) is 7.56. The lowest BCUT2D eigenvalue weighted by atomic mass is 9.92. The highest BCUT2D eigenvalue weighted by atomic mass is 16.1. The summed E-state index contributed by atoms with van der Waals surface area (Å²) in [4.78, 5) is 18.3. The predicted molar refractivity (Wildman–Crippen MR) is 84.6 cm³/mol. The van der Waals surface area contributed by atoms with Crippen molar-refractivity contribution in [2.75, 3.05) is 13.6 Å². The number of carbonyl (C=O) groups is 1.